The molecule has 2 aromatic carbocycles. The molecule has 0 atom stereocenters. The fourth-order valence-corrected chi connectivity index (χ4v) is 4.28. The first kappa shape index (κ1) is 23.3. The third-order valence-corrected chi connectivity index (χ3v) is 6.06. The fraction of sp³-hybridized carbons (Fsp3) is 0.318. The Bertz CT molecular complexity index is 1090. The van der Waals surface area contributed by atoms with Crippen LogP contribution in [0.5, 0.6) is 0 Å². The molecule has 11 heteroatoms. The maximum Gasteiger partial charge on any atom is 0.416 e. The second-order valence-electron chi connectivity index (χ2n) is 7.52. The summed E-state index contributed by atoms with van der Waals surface area (Å²) < 4.78 is 46.1. The smallest absolute Gasteiger partial charge is 0.370 e. The summed E-state index contributed by atoms with van der Waals surface area (Å²) in [5.41, 5.74) is 0.162. The summed E-state index contributed by atoms with van der Waals surface area (Å²) in [6.07, 6.45) is -4.47. The van der Waals surface area contributed by atoms with Crippen molar-refractivity contribution >= 4 is 23.4 Å². The molecule has 1 saturated heterocycles. The number of benzene rings is 2. The number of hydrogen-bond donors (Lipinski definition) is 2. The molecule has 1 aliphatic heterocycles. The number of morpholine rings is 1. The van der Waals surface area contributed by atoms with Crippen molar-refractivity contribution in [1.82, 2.24) is 14.8 Å². The highest BCUT2D eigenvalue weighted by Gasteiger charge is 2.30. The lowest BCUT2D eigenvalue weighted by atomic mass is 10.2. The molecule has 3 aromatic rings. The first-order chi connectivity index (χ1) is 15.9. The van der Waals surface area contributed by atoms with Crippen LogP contribution < -0.4 is 10.2 Å². The number of amides is 1. The van der Waals surface area contributed by atoms with Crippen molar-refractivity contribution in [3.05, 3.63) is 66.0 Å². The van der Waals surface area contributed by atoms with Crippen molar-refractivity contribution in [2.24, 2.45) is 0 Å². The van der Waals surface area contributed by atoms with Crippen molar-refractivity contribution in [3.63, 3.8) is 0 Å². The number of nitrogens with one attached hydrogen (secondary N) is 2. The zero-order chi connectivity index (χ0) is 23.3. The fourth-order valence-electron chi connectivity index (χ4n) is 3.51. The summed E-state index contributed by atoms with van der Waals surface area (Å²) in [5, 5.41) is 11.7. The SMILES string of the molecule is O=C(CSc1nnc(C[NH+]2CCOCC2)n1-c1ccccc1)Nc1cccc(C(F)(F)F)c1. The molecule has 0 bridgehead atoms. The lowest BCUT2D eigenvalue weighted by molar-refractivity contribution is -0.922. The van der Waals surface area contributed by atoms with Gasteiger partial charge in [-0.15, -0.1) is 10.2 Å². The van der Waals surface area contributed by atoms with E-state index >= 15 is 0 Å². The molecule has 0 saturated carbocycles. The Morgan fingerprint density at radius 3 is 2.58 bits per heavy atom. The van der Waals surface area contributed by atoms with E-state index in [1.54, 1.807) is 0 Å². The number of aromatic nitrogens is 3. The monoisotopic (exact) mass is 478 g/mol. The molecule has 7 nitrogen and oxygen atoms in total. The Morgan fingerprint density at radius 2 is 1.85 bits per heavy atom. The van der Waals surface area contributed by atoms with Gasteiger partial charge in [0.15, 0.2) is 11.0 Å². The maximum atomic E-state index is 12.9. The molecule has 0 aliphatic carbocycles. The maximum absolute atomic E-state index is 12.9. The average molecular weight is 479 g/mol. The number of carbonyl (C=O) groups is 1. The summed E-state index contributed by atoms with van der Waals surface area (Å²) in [6, 6.07) is 14.2. The van der Waals surface area contributed by atoms with E-state index in [2.05, 4.69) is 15.5 Å². The highest BCUT2D eigenvalue weighted by Crippen LogP contribution is 2.30. The highest BCUT2D eigenvalue weighted by molar-refractivity contribution is 7.99. The molecule has 0 unspecified atom stereocenters. The third-order valence-electron chi connectivity index (χ3n) is 5.13. The minimum absolute atomic E-state index is 0.0222. The van der Waals surface area contributed by atoms with Gasteiger partial charge >= 0.3 is 6.18 Å². The van der Waals surface area contributed by atoms with Gasteiger partial charge < -0.3 is 15.0 Å². The molecule has 2 heterocycles. The largest absolute Gasteiger partial charge is 0.416 e. The summed E-state index contributed by atoms with van der Waals surface area (Å²) in [5.74, 6) is 0.326. The standard InChI is InChI=1S/C22H22F3N5O2S/c23-22(24,25)16-5-4-6-17(13-16)26-20(31)15-33-21-28-27-19(14-29-9-11-32-12-10-29)30(21)18-7-2-1-3-8-18/h1-8,13H,9-12,14-15H2,(H,26,31)/p+1. The molecule has 1 aromatic heterocycles. The lowest BCUT2D eigenvalue weighted by Crippen LogP contribution is -3.12. The van der Waals surface area contributed by atoms with Crippen molar-refractivity contribution in [2.45, 2.75) is 17.9 Å². The predicted octanol–water partition coefficient (Wildman–Crippen LogP) is 2.43. The number of anilines is 1. The van der Waals surface area contributed by atoms with E-state index in [4.69, 9.17) is 4.74 Å². The number of ether oxygens (including phenoxy) is 1. The molecule has 1 amide bonds. The molecule has 174 valence electrons. The van der Waals surface area contributed by atoms with Crippen molar-refractivity contribution < 1.29 is 27.6 Å². The summed E-state index contributed by atoms with van der Waals surface area (Å²) in [6.45, 7) is 3.83. The van der Waals surface area contributed by atoms with E-state index in [1.807, 2.05) is 34.9 Å². The number of nitrogens with zero attached hydrogens (tertiary/aromatic N) is 3. The Balaban J connectivity index is 1.47. The van der Waals surface area contributed by atoms with Gasteiger partial charge in [-0.1, -0.05) is 36.0 Å². The van der Waals surface area contributed by atoms with Crippen LogP contribution in [0.2, 0.25) is 0 Å². The number of quaternary nitrogens is 1. The topological polar surface area (TPSA) is 73.5 Å². The summed E-state index contributed by atoms with van der Waals surface area (Å²) >= 11 is 1.18. The zero-order valence-electron chi connectivity index (χ0n) is 17.6. The van der Waals surface area contributed by atoms with Gasteiger partial charge in [0.1, 0.15) is 19.6 Å². The second kappa shape index (κ2) is 10.4. The first-order valence-electron chi connectivity index (χ1n) is 10.4. The van der Waals surface area contributed by atoms with Gasteiger partial charge in [-0.25, -0.2) is 0 Å². The number of rotatable bonds is 7. The minimum Gasteiger partial charge on any atom is -0.370 e. The Labute approximate surface area is 192 Å². The highest BCUT2D eigenvalue weighted by atomic mass is 32.2. The van der Waals surface area contributed by atoms with Gasteiger partial charge in [-0.3, -0.25) is 9.36 Å². The molecule has 0 radical (unpaired) electrons. The van der Waals surface area contributed by atoms with E-state index < -0.39 is 17.6 Å². The number of hydrogen-bond acceptors (Lipinski definition) is 5. The Hall–Kier alpha value is -2.89. The average Bonchev–Trinajstić information content (AvgIpc) is 3.21. The number of carbonyl (C=O) groups excluding carboxylic acids is 1. The third kappa shape index (κ3) is 6.12. The van der Waals surface area contributed by atoms with Gasteiger partial charge in [0.05, 0.1) is 24.5 Å². The molecule has 4 rings (SSSR count). The van der Waals surface area contributed by atoms with Crippen LogP contribution in [0.25, 0.3) is 5.69 Å². The zero-order valence-corrected chi connectivity index (χ0v) is 18.5. The number of alkyl halides is 3. The Morgan fingerprint density at radius 1 is 1.09 bits per heavy atom. The van der Waals surface area contributed by atoms with Crippen LogP contribution in [0.15, 0.2) is 59.8 Å². The van der Waals surface area contributed by atoms with E-state index in [0.29, 0.717) is 24.9 Å². The van der Waals surface area contributed by atoms with Crippen LogP contribution in [0.4, 0.5) is 18.9 Å². The quantitative estimate of drug-likeness (QED) is 0.511. The molecule has 1 fully saturated rings. The van der Waals surface area contributed by atoms with Crippen molar-refractivity contribution in [3.8, 4) is 5.69 Å². The minimum atomic E-state index is -4.47. The lowest BCUT2D eigenvalue weighted by Gasteiger charge is -2.23. The molecular weight excluding hydrogens is 455 g/mol. The van der Waals surface area contributed by atoms with Crippen LogP contribution >= 0.6 is 11.8 Å². The van der Waals surface area contributed by atoms with E-state index in [9.17, 15) is 18.0 Å². The van der Waals surface area contributed by atoms with Crippen LogP contribution in [0.3, 0.4) is 0 Å². The van der Waals surface area contributed by atoms with Gasteiger partial charge in [0.2, 0.25) is 5.91 Å². The predicted molar refractivity (Wildman–Crippen MR) is 117 cm³/mol. The second-order valence-corrected chi connectivity index (χ2v) is 8.47. The summed E-state index contributed by atoms with van der Waals surface area (Å²) in [4.78, 5) is 13.8. The van der Waals surface area contributed by atoms with Crippen LogP contribution in [-0.2, 0) is 22.3 Å². The van der Waals surface area contributed by atoms with E-state index in [1.165, 1.54) is 28.8 Å². The molecule has 0 spiro atoms. The normalized spacial score (nSPS) is 14.9. The van der Waals surface area contributed by atoms with Gasteiger partial charge in [-0.05, 0) is 30.3 Å². The summed E-state index contributed by atoms with van der Waals surface area (Å²) in [7, 11) is 0. The van der Waals surface area contributed by atoms with Crippen molar-refractivity contribution in [1.29, 1.82) is 0 Å². The number of thioether (sulfide) groups is 1. The van der Waals surface area contributed by atoms with Crippen LogP contribution in [0, 0.1) is 0 Å². The molecule has 1 aliphatic rings. The number of para-hydroxylation sites is 1. The Kier molecular flexibility index (Phi) is 7.31. The number of halogens is 3. The van der Waals surface area contributed by atoms with Gasteiger partial charge in [-0.2, -0.15) is 13.2 Å². The molecule has 2 N–H and O–H groups in total. The van der Waals surface area contributed by atoms with Crippen LogP contribution in [-0.4, -0.2) is 52.7 Å². The first-order valence-corrected chi connectivity index (χ1v) is 11.4. The van der Waals surface area contributed by atoms with Crippen molar-refractivity contribution in [2.75, 3.05) is 37.4 Å². The van der Waals surface area contributed by atoms with Crippen LogP contribution in [0.1, 0.15) is 11.4 Å². The van der Waals surface area contributed by atoms with Gasteiger partial charge in [0, 0.05) is 11.4 Å². The van der Waals surface area contributed by atoms with E-state index in [-0.39, 0.29) is 11.4 Å². The molecule has 33 heavy (non-hydrogen) atoms. The van der Waals surface area contributed by atoms with Gasteiger partial charge in [0.25, 0.3) is 0 Å². The molecular formula is C22H23F3N5O2S+. The van der Waals surface area contributed by atoms with E-state index in [0.717, 1.165) is 36.7 Å².